The number of carbonyl (C=O) groups is 2. The van der Waals surface area contributed by atoms with E-state index in [9.17, 15) is 9.59 Å². The van der Waals surface area contributed by atoms with Crippen LogP contribution in [0.1, 0.15) is 36.2 Å². The van der Waals surface area contributed by atoms with Gasteiger partial charge in [0.2, 0.25) is 11.8 Å². The molecule has 7 heteroatoms. The standard InChI is InChI=1S/C23H32N4O3/c1-18-17-19(2)27(24-18)14-11-23(29)26-13-4-12-25(15-16-26)22(28)10-7-20-5-8-21(30-3)9-6-20/h5-6,8-9,17H,4,7,10-16H2,1-3H3. The Labute approximate surface area is 178 Å². The van der Waals surface area contributed by atoms with Crippen LogP contribution in [0.4, 0.5) is 0 Å². The molecule has 1 aliphatic heterocycles. The molecule has 2 aromatic rings. The van der Waals surface area contributed by atoms with Crippen molar-refractivity contribution in [1.82, 2.24) is 19.6 Å². The van der Waals surface area contributed by atoms with Crippen molar-refractivity contribution < 1.29 is 14.3 Å². The number of rotatable bonds is 7. The SMILES string of the molecule is COc1ccc(CCC(=O)N2CCCN(C(=O)CCn3nc(C)cc3C)CC2)cc1. The molecule has 1 aliphatic rings. The summed E-state index contributed by atoms with van der Waals surface area (Å²) < 4.78 is 7.06. The molecule has 1 saturated heterocycles. The first-order valence-electron chi connectivity index (χ1n) is 10.7. The topological polar surface area (TPSA) is 67.7 Å². The van der Waals surface area contributed by atoms with E-state index in [2.05, 4.69) is 5.10 Å². The molecular formula is C23H32N4O3. The average molecular weight is 413 g/mol. The van der Waals surface area contributed by atoms with E-state index in [1.807, 2.05) is 58.7 Å². The third kappa shape index (κ3) is 5.84. The molecule has 2 heterocycles. The lowest BCUT2D eigenvalue weighted by Gasteiger charge is -2.22. The van der Waals surface area contributed by atoms with Gasteiger partial charge in [0.1, 0.15) is 5.75 Å². The second-order valence-electron chi connectivity index (χ2n) is 7.86. The Kier molecular flexibility index (Phi) is 7.49. The maximum atomic E-state index is 12.7. The zero-order chi connectivity index (χ0) is 21.5. The lowest BCUT2D eigenvalue weighted by atomic mass is 10.1. The van der Waals surface area contributed by atoms with Gasteiger partial charge < -0.3 is 14.5 Å². The molecule has 3 rings (SSSR count). The van der Waals surface area contributed by atoms with Crippen molar-refractivity contribution in [2.45, 2.75) is 46.1 Å². The number of benzene rings is 1. The largest absolute Gasteiger partial charge is 0.497 e. The average Bonchev–Trinajstić information content (AvgIpc) is 2.94. The second-order valence-corrected chi connectivity index (χ2v) is 7.86. The fourth-order valence-corrected chi connectivity index (χ4v) is 3.88. The quantitative estimate of drug-likeness (QED) is 0.701. The minimum Gasteiger partial charge on any atom is -0.497 e. The number of hydrogen-bond donors (Lipinski definition) is 0. The van der Waals surface area contributed by atoms with Crippen LogP contribution in [0.5, 0.6) is 5.75 Å². The normalized spacial score (nSPS) is 14.5. The van der Waals surface area contributed by atoms with Crippen LogP contribution in [0, 0.1) is 13.8 Å². The third-order valence-electron chi connectivity index (χ3n) is 5.63. The first kappa shape index (κ1) is 21.9. The van der Waals surface area contributed by atoms with E-state index in [4.69, 9.17) is 4.74 Å². The van der Waals surface area contributed by atoms with Crippen LogP contribution in [-0.4, -0.2) is 64.7 Å². The predicted octanol–water partition coefficient (Wildman–Crippen LogP) is 2.59. The van der Waals surface area contributed by atoms with E-state index in [0.29, 0.717) is 52.0 Å². The highest BCUT2D eigenvalue weighted by Crippen LogP contribution is 2.14. The predicted molar refractivity (Wildman–Crippen MR) is 115 cm³/mol. The number of aryl methyl sites for hydroxylation is 4. The van der Waals surface area contributed by atoms with Crippen molar-refractivity contribution in [2.24, 2.45) is 0 Å². The van der Waals surface area contributed by atoms with Gasteiger partial charge in [-0.2, -0.15) is 5.10 Å². The summed E-state index contributed by atoms with van der Waals surface area (Å²) in [5.41, 5.74) is 3.17. The van der Waals surface area contributed by atoms with Crippen molar-refractivity contribution in [3.05, 3.63) is 47.3 Å². The smallest absolute Gasteiger partial charge is 0.224 e. The highest BCUT2D eigenvalue weighted by Gasteiger charge is 2.22. The van der Waals surface area contributed by atoms with Crippen LogP contribution in [0.15, 0.2) is 30.3 Å². The van der Waals surface area contributed by atoms with Gasteiger partial charge in [0.15, 0.2) is 0 Å². The summed E-state index contributed by atoms with van der Waals surface area (Å²) in [4.78, 5) is 29.1. The molecule has 0 radical (unpaired) electrons. The van der Waals surface area contributed by atoms with Crippen LogP contribution in [0.3, 0.4) is 0 Å². The van der Waals surface area contributed by atoms with Crippen molar-refractivity contribution in [1.29, 1.82) is 0 Å². The summed E-state index contributed by atoms with van der Waals surface area (Å²) in [6, 6.07) is 9.85. The van der Waals surface area contributed by atoms with Crippen LogP contribution in [0.2, 0.25) is 0 Å². The van der Waals surface area contributed by atoms with Gasteiger partial charge in [-0.1, -0.05) is 12.1 Å². The summed E-state index contributed by atoms with van der Waals surface area (Å²) in [7, 11) is 1.64. The van der Waals surface area contributed by atoms with Gasteiger partial charge in [0.25, 0.3) is 0 Å². The fraction of sp³-hybridized carbons (Fsp3) is 0.522. The first-order chi connectivity index (χ1) is 14.5. The van der Waals surface area contributed by atoms with E-state index in [1.54, 1.807) is 7.11 Å². The number of hydrogen-bond acceptors (Lipinski definition) is 4. The fourth-order valence-electron chi connectivity index (χ4n) is 3.88. The molecule has 30 heavy (non-hydrogen) atoms. The summed E-state index contributed by atoms with van der Waals surface area (Å²) in [6.07, 6.45) is 2.45. The molecule has 0 unspecified atom stereocenters. The van der Waals surface area contributed by atoms with E-state index in [1.165, 1.54) is 0 Å². The van der Waals surface area contributed by atoms with Crippen LogP contribution < -0.4 is 4.74 Å². The number of methoxy groups -OCH3 is 1. The molecule has 1 aromatic heterocycles. The summed E-state index contributed by atoms with van der Waals surface area (Å²) in [5.74, 6) is 1.11. The van der Waals surface area contributed by atoms with E-state index >= 15 is 0 Å². The zero-order valence-electron chi connectivity index (χ0n) is 18.3. The molecular weight excluding hydrogens is 380 g/mol. The lowest BCUT2D eigenvalue weighted by molar-refractivity contribution is -0.133. The Bertz CT molecular complexity index is 860. The monoisotopic (exact) mass is 412 g/mol. The third-order valence-corrected chi connectivity index (χ3v) is 5.63. The second kappa shape index (κ2) is 10.3. The Morgan fingerprint density at radius 1 is 0.967 bits per heavy atom. The van der Waals surface area contributed by atoms with Crippen molar-refractivity contribution in [3.8, 4) is 5.75 Å². The van der Waals surface area contributed by atoms with Gasteiger partial charge in [-0.05, 0) is 50.5 Å². The van der Waals surface area contributed by atoms with Gasteiger partial charge in [-0.25, -0.2) is 0 Å². The summed E-state index contributed by atoms with van der Waals surface area (Å²) in [5, 5.41) is 4.42. The Balaban J connectivity index is 1.44. The number of nitrogens with zero attached hydrogens (tertiary/aromatic N) is 4. The van der Waals surface area contributed by atoms with Crippen molar-refractivity contribution in [3.63, 3.8) is 0 Å². The number of aromatic nitrogens is 2. The Hall–Kier alpha value is -2.83. The highest BCUT2D eigenvalue weighted by molar-refractivity contribution is 5.78. The highest BCUT2D eigenvalue weighted by atomic mass is 16.5. The minimum absolute atomic E-state index is 0.134. The summed E-state index contributed by atoms with van der Waals surface area (Å²) >= 11 is 0. The molecule has 1 aromatic carbocycles. The minimum atomic E-state index is 0.134. The molecule has 7 nitrogen and oxygen atoms in total. The van der Waals surface area contributed by atoms with E-state index in [-0.39, 0.29) is 11.8 Å². The summed E-state index contributed by atoms with van der Waals surface area (Å²) in [6.45, 7) is 7.18. The molecule has 0 N–H and O–H groups in total. The lowest BCUT2D eigenvalue weighted by Crippen LogP contribution is -2.37. The number of ether oxygens (including phenoxy) is 1. The van der Waals surface area contributed by atoms with Gasteiger partial charge in [0, 0.05) is 51.3 Å². The zero-order valence-corrected chi connectivity index (χ0v) is 18.3. The van der Waals surface area contributed by atoms with Gasteiger partial charge in [0.05, 0.1) is 12.8 Å². The van der Waals surface area contributed by atoms with Crippen LogP contribution >= 0.6 is 0 Å². The Morgan fingerprint density at radius 2 is 1.60 bits per heavy atom. The van der Waals surface area contributed by atoms with E-state index in [0.717, 1.165) is 29.1 Å². The molecule has 0 atom stereocenters. The van der Waals surface area contributed by atoms with Crippen LogP contribution in [-0.2, 0) is 22.6 Å². The molecule has 1 fully saturated rings. The number of carbonyl (C=O) groups excluding carboxylic acids is 2. The van der Waals surface area contributed by atoms with Crippen molar-refractivity contribution >= 4 is 11.8 Å². The maximum absolute atomic E-state index is 12.7. The number of amides is 2. The molecule has 0 bridgehead atoms. The molecule has 0 aliphatic carbocycles. The molecule has 0 saturated carbocycles. The molecule has 0 spiro atoms. The Morgan fingerprint density at radius 3 is 2.17 bits per heavy atom. The van der Waals surface area contributed by atoms with E-state index < -0.39 is 0 Å². The van der Waals surface area contributed by atoms with Gasteiger partial charge in [-0.3, -0.25) is 14.3 Å². The van der Waals surface area contributed by atoms with Gasteiger partial charge in [-0.15, -0.1) is 0 Å². The van der Waals surface area contributed by atoms with Crippen molar-refractivity contribution in [2.75, 3.05) is 33.3 Å². The molecule has 162 valence electrons. The van der Waals surface area contributed by atoms with Crippen LogP contribution in [0.25, 0.3) is 0 Å². The first-order valence-corrected chi connectivity index (χ1v) is 10.7. The molecule has 2 amide bonds. The van der Waals surface area contributed by atoms with Gasteiger partial charge >= 0.3 is 0 Å². The maximum Gasteiger partial charge on any atom is 0.224 e.